The van der Waals surface area contributed by atoms with Crippen molar-refractivity contribution in [3.05, 3.63) is 63.9 Å². The smallest absolute Gasteiger partial charge is 0.142 e. The molecule has 0 bridgehead atoms. The summed E-state index contributed by atoms with van der Waals surface area (Å²) in [5.74, 6) is 0.339. The van der Waals surface area contributed by atoms with Crippen molar-refractivity contribution in [1.29, 1.82) is 0 Å². The maximum atomic E-state index is 13.3. The molecule has 3 rings (SSSR count). The van der Waals surface area contributed by atoms with Crippen molar-refractivity contribution in [3.63, 3.8) is 0 Å². The van der Waals surface area contributed by atoms with E-state index in [1.807, 2.05) is 18.2 Å². The van der Waals surface area contributed by atoms with Gasteiger partial charge in [0.05, 0.1) is 5.02 Å². The molecule has 2 nitrogen and oxygen atoms in total. The number of aryl methyl sites for hydroxylation is 1. The minimum absolute atomic E-state index is 0.121. The molecule has 0 radical (unpaired) electrons. The van der Waals surface area contributed by atoms with Gasteiger partial charge in [0.25, 0.3) is 0 Å². The highest BCUT2D eigenvalue weighted by molar-refractivity contribution is 6.31. The van der Waals surface area contributed by atoms with Gasteiger partial charge in [-0.25, -0.2) is 4.39 Å². The predicted octanol–water partition coefficient (Wildman–Crippen LogP) is 4.00. The van der Waals surface area contributed by atoms with Crippen LogP contribution in [0.3, 0.4) is 0 Å². The molecular weight excluding hydrogens is 277 g/mol. The zero-order valence-electron chi connectivity index (χ0n) is 10.9. The van der Waals surface area contributed by atoms with E-state index in [2.05, 4.69) is 0 Å². The highest BCUT2D eigenvalue weighted by Crippen LogP contribution is 2.32. The largest absolute Gasteiger partial charge is 0.489 e. The zero-order chi connectivity index (χ0) is 14.1. The molecule has 0 saturated carbocycles. The first kappa shape index (κ1) is 13.4. The summed E-state index contributed by atoms with van der Waals surface area (Å²) in [4.78, 5) is 0. The van der Waals surface area contributed by atoms with E-state index in [0.717, 1.165) is 18.6 Å². The first-order valence-electron chi connectivity index (χ1n) is 6.59. The Morgan fingerprint density at radius 3 is 3.00 bits per heavy atom. The lowest BCUT2D eigenvalue weighted by molar-refractivity contribution is 0.305. The van der Waals surface area contributed by atoms with Crippen LogP contribution in [0.2, 0.25) is 5.02 Å². The third-order valence-corrected chi connectivity index (χ3v) is 4.09. The minimum Gasteiger partial charge on any atom is -0.489 e. The van der Waals surface area contributed by atoms with Crippen molar-refractivity contribution in [2.24, 2.45) is 5.73 Å². The van der Waals surface area contributed by atoms with E-state index >= 15 is 0 Å². The second-order valence-corrected chi connectivity index (χ2v) is 5.39. The molecule has 2 aromatic carbocycles. The van der Waals surface area contributed by atoms with Crippen LogP contribution in [0.4, 0.5) is 4.39 Å². The molecule has 1 aliphatic rings. The summed E-state index contributed by atoms with van der Waals surface area (Å²) in [5.41, 5.74) is 9.07. The molecule has 0 aliphatic heterocycles. The van der Waals surface area contributed by atoms with Gasteiger partial charge >= 0.3 is 0 Å². The molecule has 1 aliphatic carbocycles. The molecule has 0 spiro atoms. The Bertz CT molecular complexity index is 644. The Hall–Kier alpha value is -1.58. The fraction of sp³-hybridized carbons (Fsp3) is 0.250. The molecule has 0 unspecified atom stereocenters. The zero-order valence-corrected chi connectivity index (χ0v) is 11.7. The summed E-state index contributed by atoms with van der Waals surface area (Å²) in [7, 11) is 0. The van der Waals surface area contributed by atoms with Gasteiger partial charge in [-0.1, -0.05) is 29.8 Å². The van der Waals surface area contributed by atoms with Gasteiger partial charge in [0.15, 0.2) is 0 Å². The van der Waals surface area contributed by atoms with E-state index in [1.165, 1.54) is 17.2 Å². The molecule has 2 aromatic rings. The van der Waals surface area contributed by atoms with Crippen molar-refractivity contribution in [1.82, 2.24) is 0 Å². The normalized spacial score (nSPS) is 17.1. The maximum absolute atomic E-state index is 13.3. The average Bonchev–Trinajstić information content (AvgIpc) is 2.82. The van der Waals surface area contributed by atoms with E-state index in [4.69, 9.17) is 22.1 Å². The fourth-order valence-corrected chi connectivity index (χ4v) is 2.72. The molecule has 0 amide bonds. The summed E-state index contributed by atoms with van der Waals surface area (Å²) >= 11 is 5.90. The number of hydrogen-bond donors (Lipinski definition) is 1. The highest BCUT2D eigenvalue weighted by atomic mass is 35.5. The molecule has 0 saturated heterocycles. The number of ether oxygens (including phenoxy) is 1. The van der Waals surface area contributed by atoms with Gasteiger partial charge < -0.3 is 10.5 Å². The summed E-state index contributed by atoms with van der Waals surface area (Å²) in [6.45, 7) is 0.251. The monoisotopic (exact) mass is 291 g/mol. The summed E-state index contributed by atoms with van der Waals surface area (Å²) in [6.07, 6.45) is 1.96. The van der Waals surface area contributed by atoms with Gasteiger partial charge in [-0.15, -0.1) is 0 Å². The number of rotatable bonds is 3. The van der Waals surface area contributed by atoms with Gasteiger partial charge in [-0.3, -0.25) is 0 Å². The van der Waals surface area contributed by atoms with E-state index in [9.17, 15) is 4.39 Å². The Labute approximate surface area is 122 Å². The van der Waals surface area contributed by atoms with Crippen molar-refractivity contribution in [2.75, 3.05) is 0 Å². The lowest BCUT2D eigenvalue weighted by Gasteiger charge is -2.10. The van der Waals surface area contributed by atoms with Crippen LogP contribution in [0.15, 0.2) is 36.4 Å². The number of fused-ring (bicyclic) bond motifs is 1. The molecule has 20 heavy (non-hydrogen) atoms. The van der Waals surface area contributed by atoms with Crippen LogP contribution >= 0.6 is 11.6 Å². The second-order valence-electron chi connectivity index (χ2n) is 5.01. The number of halogens is 2. The Balaban J connectivity index is 1.74. The van der Waals surface area contributed by atoms with Crippen LogP contribution in [-0.2, 0) is 13.0 Å². The fourth-order valence-electron chi connectivity index (χ4n) is 2.54. The standard InChI is InChI=1S/C16H15ClFNO/c17-16-11(2-1-3-14(16)18)9-20-12-5-6-13-10(8-12)4-7-15(13)19/h1-3,5-6,8,15H,4,7,9,19H2/t15-/m0/s1. The van der Waals surface area contributed by atoms with Crippen LogP contribution < -0.4 is 10.5 Å². The van der Waals surface area contributed by atoms with Gasteiger partial charge in [-0.05, 0) is 42.2 Å². The van der Waals surface area contributed by atoms with Gasteiger partial charge in [-0.2, -0.15) is 0 Å². The molecular formula is C16H15ClFNO. The molecule has 0 aromatic heterocycles. The number of nitrogens with two attached hydrogens (primary N) is 1. The average molecular weight is 292 g/mol. The first-order chi connectivity index (χ1) is 9.65. The van der Waals surface area contributed by atoms with Crippen molar-refractivity contribution in [3.8, 4) is 5.75 Å². The van der Waals surface area contributed by atoms with E-state index in [1.54, 1.807) is 12.1 Å². The maximum Gasteiger partial charge on any atom is 0.142 e. The van der Waals surface area contributed by atoms with E-state index in [-0.39, 0.29) is 17.7 Å². The molecule has 0 fully saturated rings. The van der Waals surface area contributed by atoms with Crippen LogP contribution in [-0.4, -0.2) is 0 Å². The predicted molar refractivity (Wildman–Crippen MR) is 77.4 cm³/mol. The van der Waals surface area contributed by atoms with Crippen LogP contribution in [0, 0.1) is 5.82 Å². The Morgan fingerprint density at radius 2 is 2.15 bits per heavy atom. The summed E-state index contributed by atoms with van der Waals surface area (Å²) in [5, 5.41) is 0.121. The third kappa shape index (κ3) is 2.51. The topological polar surface area (TPSA) is 35.2 Å². The lowest BCUT2D eigenvalue weighted by Crippen LogP contribution is -2.05. The van der Waals surface area contributed by atoms with Gasteiger partial charge in [0, 0.05) is 11.6 Å². The molecule has 1 atom stereocenters. The van der Waals surface area contributed by atoms with Gasteiger partial charge in [0.2, 0.25) is 0 Å². The van der Waals surface area contributed by atoms with Crippen molar-refractivity contribution < 1.29 is 9.13 Å². The van der Waals surface area contributed by atoms with E-state index < -0.39 is 5.82 Å². The number of benzene rings is 2. The Kier molecular flexibility index (Phi) is 3.64. The van der Waals surface area contributed by atoms with Crippen molar-refractivity contribution in [2.45, 2.75) is 25.5 Å². The number of hydrogen-bond acceptors (Lipinski definition) is 2. The summed E-state index contributed by atoms with van der Waals surface area (Å²) in [6, 6.07) is 10.8. The van der Waals surface area contributed by atoms with Crippen LogP contribution in [0.5, 0.6) is 5.75 Å². The van der Waals surface area contributed by atoms with Crippen LogP contribution in [0.25, 0.3) is 0 Å². The highest BCUT2D eigenvalue weighted by Gasteiger charge is 2.19. The minimum atomic E-state index is -0.423. The first-order valence-corrected chi connectivity index (χ1v) is 6.97. The van der Waals surface area contributed by atoms with E-state index in [0.29, 0.717) is 5.56 Å². The van der Waals surface area contributed by atoms with Crippen LogP contribution in [0.1, 0.15) is 29.2 Å². The molecule has 104 valence electrons. The molecule has 4 heteroatoms. The molecule has 2 N–H and O–H groups in total. The van der Waals surface area contributed by atoms with Crippen molar-refractivity contribution >= 4 is 11.6 Å². The summed E-state index contributed by atoms with van der Waals surface area (Å²) < 4.78 is 19.0. The second kappa shape index (κ2) is 5.43. The Morgan fingerprint density at radius 1 is 1.30 bits per heavy atom. The quantitative estimate of drug-likeness (QED) is 0.927. The molecule has 0 heterocycles. The lowest BCUT2D eigenvalue weighted by atomic mass is 10.1. The SMILES string of the molecule is N[C@H]1CCc2cc(OCc3cccc(F)c3Cl)ccc21. The van der Waals surface area contributed by atoms with Gasteiger partial charge in [0.1, 0.15) is 18.2 Å². The third-order valence-electron chi connectivity index (χ3n) is 3.66.